The molecule has 1 aliphatic heterocycles. The molecule has 0 saturated carbocycles. The van der Waals surface area contributed by atoms with Crippen molar-refractivity contribution < 1.29 is 9.59 Å². The van der Waals surface area contributed by atoms with Gasteiger partial charge in [0.25, 0.3) is 0 Å². The number of carbonyl (C=O) groups excluding carboxylic acids is 2. The number of hydrogen-bond acceptors (Lipinski definition) is 5. The molecular weight excluding hydrogens is 318 g/mol. The summed E-state index contributed by atoms with van der Waals surface area (Å²) in [5.74, 6) is 0.378. The first-order chi connectivity index (χ1) is 8.47. The van der Waals surface area contributed by atoms with Crippen LogP contribution < -0.4 is 4.90 Å². The molecule has 1 fully saturated rings. The first-order valence-corrected chi connectivity index (χ1v) is 7.11. The van der Waals surface area contributed by atoms with Crippen LogP contribution in [0.4, 0.5) is 5.95 Å². The second-order valence-corrected chi connectivity index (χ2v) is 6.37. The van der Waals surface area contributed by atoms with Crippen LogP contribution >= 0.6 is 27.7 Å². The average Bonchev–Trinajstić information content (AvgIpc) is 2.62. The minimum atomic E-state index is -0.0320. The van der Waals surface area contributed by atoms with Gasteiger partial charge in [0.1, 0.15) is 0 Å². The molecular formula is C11H12BrN3O2S. The number of amides is 1. The molecule has 0 aliphatic carbocycles. The molecule has 2 heterocycles. The minimum absolute atomic E-state index is 0.00236. The summed E-state index contributed by atoms with van der Waals surface area (Å²) in [6, 6.07) is 0. The van der Waals surface area contributed by atoms with Gasteiger partial charge in [-0.05, 0) is 22.9 Å². The van der Waals surface area contributed by atoms with Crippen LogP contribution in [-0.2, 0) is 9.59 Å². The largest absolute Gasteiger partial charge is 0.288 e. The molecule has 18 heavy (non-hydrogen) atoms. The van der Waals surface area contributed by atoms with E-state index in [1.54, 1.807) is 11.1 Å². The third-order valence-electron chi connectivity index (χ3n) is 2.57. The maximum Gasteiger partial charge on any atom is 0.232 e. The molecule has 7 heteroatoms. The van der Waals surface area contributed by atoms with Crippen molar-refractivity contribution in [1.29, 1.82) is 0 Å². The van der Waals surface area contributed by atoms with Crippen molar-refractivity contribution >= 4 is 44.7 Å². The summed E-state index contributed by atoms with van der Waals surface area (Å²) < 4.78 is 0.813. The van der Waals surface area contributed by atoms with E-state index in [2.05, 4.69) is 25.9 Å². The van der Waals surface area contributed by atoms with E-state index in [1.165, 1.54) is 18.7 Å². The standard InChI is InChI=1S/C11H12BrN3O2S/c1-6-9(12)4-13-11(14-6)15-5-8(3-10(15)17)18-7(2)16/h4,8H,3,5H2,1-2H3. The van der Waals surface area contributed by atoms with Crippen LogP contribution in [-0.4, -0.2) is 32.8 Å². The predicted molar refractivity (Wildman–Crippen MR) is 73.5 cm³/mol. The Bertz CT molecular complexity index is 509. The molecule has 0 spiro atoms. The van der Waals surface area contributed by atoms with Gasteiger partial charge in [0, 0.05) is 31.3 Å². The van der Waals surface area contributed by atoms with Crippen LogP contribution in [0.15, 0.2) is 10.7 Å². The fourth-order valence-electron chi connectivity index (χ4n) is 1.75. The lowest BCUT2D eigenvalue weighted by Crippen LogP contribution is -2.27. The summed E-state index contributed by atoms with van der Waals surface area (Å²) in [5, 5.41) is 0.0325. The lowest BCUT2D eigenvalue weighted by molar-refractivity contribution is -0.117. The first kappa shape index (κ1) is 13.5. The number of rotatable bonds is 2. The van der Waals surface area contributed by atoms with E-state index in [-0.39, 0.29) is 16.3 Å². The summed E-state index contributed by atoms with van der Waals surface area (Å²) in [6.45, 7) is 3.85. The molecule has 0 bridgehead atoms. The quantitative estimate of drug-likeness (QED) is 0.829. The van der Waals surface area contributed by atoms with E-state index in [0.29, 0.717) is 18.9 Å². The Morgan fingerprint density at radius 3 is 2.94 bits per heavy atom. The average molecular weight is 330 g/mol. The Balaban J connectivity index is 2.16. The van der Waals surface area contributed by atoms with E-state index < -0.39 is 0 Å². The van der Waals surface area contributed by atoms with Gasteiger partial charge in [0.15, 0.2) is 5.12 Å². The van der Waals surface area contributed by atoms with Crippen molar-refractivity contribution in [3.63, 3.8) is 0 Å². The van der Waals surface area contributed by atoms with Gasteiger partial charge in [-0.1, -0.05) is 11.8 Å². The van der Waals surface area contributed by atoms with Crippen LogP contribution in [0.2, 0.25) is 0 Å². The van der Waals surface area contributed by atoms with E-state index in [1.807, 2.05) is 6.92 Å². The fraction of sp³-hybridized carbons (Fsp3) is 0.455. The van der Waals surface area contributed by atoms with Crippen molar-refractivity contribution in [3.8, 4) is 0 Å². The fourth-order valence-corrected chi connectivity index (χ4v) is 2.86. The Hall–Kier alpha value is -0.950. The van der Waals surface area contributed by atoms with Crippen LogP contribution in [0.1, 0.15) is 19.0 Å². The second kappa shape index (κ2) is 5.36. The molecule has 96 valence electrons. The Morgan fingerprint density at radius 1 is 1.61 bits per heavy atom. The van der Waals surface area contributed by atoms with Crippen molar-refractivity contribution in [1.82, 2.24) is 9.97 Å². The number of anilines is 1. The van der Waals surface area contributed by atoms with Crippen LogP contribution in [0.25, 0.3) is 0 Å². The number of carbonyl (C=O) groups is 2. The van der Waals surface area contributed by atoms with E-state index in [0.717, 1.165) is 10.2 Å². The monoisotopic (exact) mass is 329 g/mol. The predicted octanol–water partition coefficient (Wildman–Crippen LogP) is 1.93. The molecule has 1 aliphatic rings. The Labute approximate surface area is 117 Å². The van der Waals surface area contributed by atoms with E-state index in [9.17, 15) is 9.59 Å². The van der Waals surface area contributed by atoms with Gasteiger partial charge in [-0.3, -0.25) is 14.5 Å². The number of aryl methyl sites for hydroxylation is 1. The van der Waals surface area contributed by atoms with Gasteiger partial charge in [-0.15, -0.1) is 0 Å². The molecule has 1 saturated heterocycles. The summed E-state index contributed by atoms with van der Waals surface area (Å²) in [4.78, 5) is 32.9. The maximum atomic E-state index is 11.9. The zero-order valence-electron chi connectivity index (χ0n) is 10.0. The summed E-state index contributed by atoms with van der Waals surface area (Å²) in [5.41, 5.74) is 0.787. The highest BCUT2D eigenvalue weighted by Gasteiger charge is 2.33. The topological polar surface area (TPSA) is 63.2 Å². The van der Waals surface area contributed by atoms with E-state index in [4.69, 9.17) is 0 Å². The third-order valence-corrected chi connectivity index (χ3v) is 4.33. The SMILES string of the molecule is CC(=O)SC1CC(=O)N(c2ncc(Br)c(C)n2)C1. The van der Waals surface area contributed by atoms with Crippen molar-refractivity contribution in [2.75, 3.05) is 11.4 Å². The highest BCUT2D eigenvalue weighted by Crippen LogP contribution is 2.27. The van der Waals surface area contributed by atoms with Gasteiger partial charge >= 0.3 is 0 Å². The lowest BCUT2D eigenvalue weighted by Gasteiger charge is -2.14. The van der Waals surface area contributed by atoms with E-state index >= 15 is 0 Å². The number of nitrogens with zero attached hydrogens (tertiary/aromatic N) is 3. The zero-order valence-corrected chi connectivity index (χ0v) is 12.4. The number of thioether (sulfide) groups is 1. The summed E-state index contributed by atoms with van der Waals surface area (Å²) >= 11 is 4.53. The Kier molecular flexibility index (Phi) is 4.01. The maximum absolute atomic E-state index is 11.9. The molecule has 1 unspecified atom stereocenters. The van der Waals surface area contributed by atoms with Crippen molar-refractivity contribution in [2.45, 2.75) is 25.5 Å². The second-order valence-electron chi connectivity index (χ2n) is 4.04. The van der Waals surface area contributed by atoms with Crippen molar-refractivity contribution in [2.24, 2.45) is 0 Å². The molecule has 1 aromatic heterocycles. The molecule has 0 radical (unpaired) electrons. The molecule has 2 rings (SSSR count). The smallest absolute Gasteiger partial charge is 0.232 e. The van der Waals surface area contributed by atoms with Gasteiger partial charge in [0.2, 0.25) is 11.9 Å². The van der Waals surface area contributed by atoms with Gasteiger partial charge in [-0.2, -0.15) is 0 Å². The highest BCUT2D eigenvalue weighted by atomic mass is 79.9. The Morgan fingerprint density at radius 2 is 2.33 bits per heavy atom. The molecule has 0 N–H and O–H groups in total. The molecule has 5 nitrogen and oxygen atoms in total. The normalized spacial score (nSPS) is 19.4. The highest BCUT2D eigenvalue weighted by molar-refractivity contribution is 9.10. The minimum Gasteiger partial charge on any atom is -0.288 e. The van der Waals surface area contributed by atoms with Gasteiger partial charge in [0.05, 0.1) is 10.2 Å². The zero-order chi connectivity index (χ0) is 13.3. The van der Waals surface area contributed by atoms with Crippen LogP contribution in [0.5, 0.6) is 0 Å². The van der Waals surface area contributed by atoms with Crippen LogP contribution in [0, 0.1) is 6.92 Å². The number of hydrogen-bond donors (Lipinski definition) is 0. The number of aromatic nitrogens is 2. The molecule has 1 amide bonds. The van der Waals surface area contributed by atoms with Gasteiger partial charge in [-0.25, -0.2) is 9.97 Å². The first-order valence-electron chi connectivity index (χ1n) is 5.44. The molecule has 1 atom stereocenters. The summed E-state index contributed by atoms with van der Waals surface area (Å²) in [7, 11) is 0. The number of halogens is 1. The molecule has 1 aromatic rings. The molecule has 0 aromatic carbocycles. The van der Waals surface area contributed by atoms with Gasteiger partial charge < -0.3 is 0 Å². The lowest BCUT2D eigenvalue weighted by atomic mass is 10.4. The summed E-state index contributed by atoms with van der Waals surface area (Å²) in [6.07, 6.45) is 2.00. The van der Waals surface area contributed by atoms with Crippen molar-refractivity contribution in [3.05, 3.63) is 16.4 Å². The third kappa shape index (κ3) is 2.89. The van der Waals surface area contributed by atoms with Crippen LogP contribution in [0.3, 0.4) is 0 Å².